The minimum Gasteiger partial charge on any atom is -0.352 e. The first kappa shape index (κ1) is 22.1. The molecule has 0 atom stereocenters. The number of piperazine rings is 1. The van der Waals surface area contributed by atoms with Crippen molar-refractivity contribution >= 4 is 29.1 Å². The second-order valence-corrected chi connectivity index (χ2v) is 8.83. The fraction of sp³-hybridized carbons (Fsp3) is 0.320. The molecule has 1 N–H and O–H groups in total. The summed E-state index contributed by atoms with van der Waals surface area (Å²) in [5.41, 5.74) is 7.45. The number of nitrogens with zero attached hydrogens (tertiary/aromatic N) is 4. The van der Waals surface area contributed by atoms with Crippen LogP contribution in [0.2, 0.25) is 5.02 Å². The Bertz CT molecular complexity index is 1140. The summed E-state index contributed by atoms with van der Waals surface area (Å²) in [6.07, 6.45) is 0. The summed E-state index contributed by atoms with van der Waals surface area (Å²) in [6.45, 7) is 10.9. The molecule has 2 aromatic carbocycles. The Morgan fingerprint density at radius 1 is 0.844 bits per heavy atom. The molecule has 0 spiro atoms. The standard InChI is InChI=1S/C25H28ClN5O/c1-16-5-6-20(26)15-23(16)27-25(32)31-11-9-30(10-12-31)24-8-7-22(28-29-24)21-14-18(3)17(2)13-19(21)4/h5-8,13-15H,9-12H2,1-4H3,(H,27,32). The van der Waals surface area contributed by atoms with Crippen molar-refractivity contribution < 1.29 is 4.79 Å². The van der Waals surface area contributed by atoms with E-state index in [-0.39, 0.29) is 6.03 Å². The van der Waals surface area contributed by atoms with Crippen molar-refractivity contribution in [2.24, 2.45) is 0 Å². The second kappa shape index (κ2) is 9.17. The van der Waals surface area contributed by atoms with Gasteiger partial charge in [0.15, 0.2) is 5.82 Å². The topological polar surface area (TPSA) is 61.4 Å². The molecule has 1 aliphatic rings. The molecule has 0 bridgehead atoms. The lowest BCUT2D eigenvalue weighted by Crippen LogP contribution is -2.50. The van der Waals surface area contributed by atoms with E-state index in [9.17, 15) is 4.79 Å². The van der Waals surface area contributed by atoms with E-state index in [2.05, 4.69) is 53.3 Å². The average Bonchev–Trinajstić information content (AvgIpc) is 2.79. The van der Waals surface area contributed by atoms with Crippen LogP contribution >= 0.6 is 11.6 Å². The highest BCUT2D eigenvalue weighted by Crippen LogP contribution is 2.26. The van der Waals surface area contributed by atoms with E-state index >= 15 is 0 Å². The predicted molar refractivity (Wildman–Crippen MR) is 131 cm³/mol. The molecule has 1 aromatic heterocycles. The van der Waals surface area contributed by atoms with Gasteiger partial charge in [0.25, 0.3) is 0 Å². The number of benzene rings is 2. The van der Waals surface area contributed by atoms with Gasteiger partial charge in [0, 0.05) is 42.5 Å². The maximum Gasteiger partial charge on any atom is 0.321 e. The van der Waals surface area contributed by atoms with E-state index in [1.807, 2.05) is 36.1 Å². The number of hydrogen-bond donors (Lipinski definition) is 1. The number of amides is 2. The van der Waals surface area contributed by atoms with Gasteiger partial charge in [-0.1, -0.05) is 23.7 Å². The second-order valence-electron chi connectivity index (χ2n) is 8.39. The Kier molecular flexibility index (Phi) is 6.33. The number of urea groups is 1. The fourth-order valence-corrected chi connectivity index (χ4v) is 4.11. The molecule has 7 heteroatoms. The first-order chi connectivity index (χ1) is 15.3. The summed E-state index contributed by atoms with van der Waals surface area (Å²) in [7, 11) is 0. The largest absolute Gasteiger partial charge is 0.352 e. The van der Waals surface area contributed by atoms with Crippen molar-refractivity contribution in [3.63, 3.8) is 0 Å². The van der Waals surface area contributed by atoms with Crippen LogP contribution in [0.4, 0.5) is 16.3 Å². The SMILES string of the molecule is Cc1cc(C)c(-c2ccc(N3CCN(C(=O)Nc4cc(Cl)ccc4C)CC3)nn2)cc1C. The number of rotatable bonds is 3. The number of aryl methyl sites for hydroxylation is 4. The Labute approximate surface area is 194 Å². The summed E-state index contributed by atoms with van der Waals surface area (Å²) in [4.78, 5) is 16.7. The fourth-order valence-electron chi connectivity index (χ4n) is 3.94. The summed E-state index contributed by atoms with van der Waals surface area (Å²) >= 11 is 6.06. The molecular formula is C25H28ClN5O. The van der Waals surface area contributed by atoms with E-state index < -0.39 is 0 Å². The van der Waals surface area contributed by atoms with Crippen LogP contribution in [0.25, 0.3) is 11.3 Å². The van der Waals surface area contributed by atoms with Crippen molar-refractivity contribution in [2.75, 3.05) is 36.4 Å². The highest BCUT2D eigenvalue weighted by atomic mass is 35.5. The molecule has 4 rings (SSSR count). The zero-order valence-corrected chi connectivity index (χ0v) is 19.7. The number of aromatic nitrogens is 2. The highest BCUT2D eigenvalue weighted by Gasteiger charge is 2.22. The van der Waals surface area contributed by atoms with Gasteiger partial charge in [-0.15, -0.1) is 10.2 Å². The van der Waals surface area contributed by atoms with Crippen LogP contribution in [0.5, 0.6) is 0 Å². The number of halogens is 1. The van der Waals surface area contributed by atoms with Crippen molar-refractivity contribution in [3.05, 3.63) is 69.7 Å². The minimum atomic E-state index is -0.110. The lowest BCUT2D eigenvalue weighted by molar-refractivity contribution is 0.208. The zero-order chi connectivity index (χ0) is 22.8. The van der Waals surface area contributed by atoms with E-state index in [0.29, 0.717) is 31.2 Å². The number of carbonyl (C=O) groups excluding carboxylic acids is 1. The number of hydrogen-bond acceptors (Lipinski definition) is 4. The van der Waals surface area contributed by atoms with E-state index in [1.165, 1.54) is 16.7 Å². The lowest BCUT2D eigenvalue weighted by Gasteiger charge is -2.35. The van der Waals surface area contributed by atoms with Crippen LogP contribution in [0.15, 0.2) is 42.5 Å². The minimum absolute atomic E-state index is 0.110. The molecule has 2 heterocycles. The van der Waals surface area contributed by atoms with Crippen LogP contribution < -0.4 is 10.2 Å². The predicted octanol–water partition coefficient (Wildman–Crippen LogP) is 5.38. The molecule has 1 fully saturated rings. The third kappa shape index (κ3) is 4.70. The molecule has 2 amide bonds. The molecule has 166 valence electrons. The van der Waals surface area contributed by atoms with E-state index in [4.69, 9.17) is 11.6 Å². The van der Waals surface area contributed by atoms with Gasteiger partial charge in [-0.3, -0.25) is 0 Å². The third-order valence-electron chi connectivity index (χ3n) is 6.10. The van der Waals surface area contributed by atoms with Gasteiger partial charge < -0.3 is 15.1 Å². The van der Waals surface area contributed by atoms with Crippen LogP contribution in [0, 0.1) is 27.7 Å². The number of anilines is 2. The monoisotopic (exact) mass is 449 g/mol. The molecule has 0 radical (unpaired) electrons. The molecule has 0 aliphatic carbocycles. The summed E-state index contributed by atoms with van der Waals surface area (Å²) in [5.74, 6) is 0.834. The molecule has 0 saturated carbocycles. The Balaban J connectivity index is 1.38. The Hall–Kier alpha value is -3.12. The summed E-state index contributed by atoms with van der Waals surface area (Å²) in [6, 6.07) is 13.8. The van der Waals surface area contributed by atoms with Gasteiger partial charge >= 0.3 is 6.03 Å². The Morgan fingerprint density at radius 2 is 1.56 bits per heavy atom. The van der Waals surface area contributed by atoms with Crippen LogP contribution in [0.3, 0.4) is 0 Å². The van der Waals surface area contributed by atoms with Gasteiger partial charge in [0.05, 0.1) is 5.69 Å². The summed E-state index contributed by atoms with van der Waals surface area (Å²) in [5, 5.41) is 12.5. The molecule has 1 aliphatic heterocycles. The quantitative estimate of drug-likeness (QED) is 0.582. The van der Waals surface area contributed by atoms with E-state index in [0.717, 1.165) is 28.3 Å². The Morgan fingerprint density at radius 3 is 2.25 bits per heavy atom. The van der Waals surface area contributed by atoms with Crippen LogP contribution in [-0.4, -0.2) is 47.3 Å². The molecule has 1 saturated heterocycles. The summed E-state index contributed by atoms with van der Waals surface area (Å²) < 4.78 is 0. The highest BCUT2D eigenvalue weighted by molar-refractivity contribution is 6.31. The first-order valence-corrected chi connectivity index (χ1v) is 11.2. The van der Waals surface area contributed by atoms with Crippen molar-refractivity contribution in [2.45, 2.75) is 27.7 Å². The molecular weight excluding hydrogens is 422 g/mol. The van der Waals surface area contributed by atoms with Gasteiger partial charge in [-0.05, 0) is 80.3 Å². The molecule has 3 aromatic rings. The van der Waals surface area contributed by atoms with Gasteiger partial charge in [0.2, 0.25) is 0 Å². The van der Waals surface area contributed by atoms with Gasteiger partial charge in [0.1, 0.15) is 0 Å². The smallest absolute Gasteiger partial charge is 0.321 e. The maximum absolute atomic E-state index is 12.7. The van der Waals surface area contributed by atoms with Gasteiger partial charge in [-0.2, -0.15) is 0 Å². The number of nitrogens with one attached hydrogen (secondary N) is 1. The van der Waals surface area contributed by atoms with E-state index in [1.54, 1.807) is 6.07 Å². The first-order valence-electron chi connectivity index (χ1n) is 10.8. The third-order valence-corrected chi connectivity index (χ3v) is 6.33. The van der Waals surface area contributed by atoms with Crippen LogP contribution in [-0.2, 0) is 0 Å². The normalized spacial score (nSPS) is 13.9. The van der Waals surface area contributed by atoms with Crippen molar-refractivity contribution in [1.29, 1.82) is 0 Å². The van der Waals surface area contributed by atoms with Crippen molar-refractivity contribution in [3.8, 4) is 11.3 Å². The van der Waals surface area contributed by atoms with Crippen LogP contribution in [0.1, 0.15) is 22.3 Å². The average molecular weight is 450 g/mol. The molecule has 0 unspecified atom stereocenters. The van der Waals surface area contributed by atoms with Crippen molar-refractivity contribution in [1.82, 2.24) is 15.1 Å². The lowest BCUT2D eigenvalue weighted by atomic mass is 9.99. The number of carbonyl (C=O) groups is 1. The molecule has 32 heavy (non-hydrogen) atoms. The maximum atomic E-state index is 12.7. The molecule has 6 nitrogen and oxygen atoms in total. The van der Waals surface area contributed by atoms with Gasteiger partial charge in [-0.25, -0.2) is 4.79 Å². The zero-order valence-electron chi connectivity index (χ0n) is 18.9.